The van der Waals surface area contributed by atoms with Crippen molar-refractivity contribution in [3.63, 3.8) is 0 Å². The van der Waals surface area contributed by atoms with Crippen LogP contribution >= 0.6 is 0 Å². The normalized spacial score (nSPS) is 24.7. The lowest BCUT2D eigenvalue weighted by Gasteiger charge is -2.22. The van der Waals surface area contributed by atoms with Crippen molar-refractivity contribution in [3.05, 3.63) is 17.5 Å². The molecule has 0 radical (unpaired) electrons. The van der Waals surface area contributed by atoms with Crippen LogP contribution < -0.4 is 5.32 Å². The van der Waals surface area contributed by atoms with E-state index in [0.717, 1.165) is 25.4 Å². The minimum Gasteiger partial charge on any atom is -0.378 e. The number of aryl methyl sites for hydroxylation is 1. The minimum atomic E-state index is 0.424. The smallest absolute Gasteiger partial charge is 0.0639 e. The first-order valence-corrected chi connectivity index (χ1v) is 6.49. The van der Waals surface area contributed by atoms with Crippen LogP contribution in [0.25, 0.3) is 0 Å². The van der Waals surface area contributed by atoms with E-state index in [9.17, 15) is 0 Å². The van der Waals surface area contributed by atoms with Gasteiger partial charge in [0.15, 0.2) is 0 Å². The van der Waals surface area contributed by atoms with Crippen molar-refractivity contribution in [2.24, 2.45) is 11.8 Å². The van der Waals surface area contributed by atoms with E-state index >= 15 is 0 Å². The Morgan fingerprint density at radius 1 is 1.59 bits per heavy atom. The van der Waals surface area contributed by atoms with Gasteiger partial charge >= 0.3 is 0 Å². The number of nitrogens with zero attached hydrogens (tertiary/aromatic N) is 1. The van der Waals surface area contributed by atoms with Crippen LogP contribution in [0.4, 0.5) is 0 Å². The van der Waals surface area contributed by atoms with Gasteiger partial charge in [0.2, 0.25) is 0 Å². The third-order valence-electron chi connectivity index (χ3n) is 3.58. The molecule has 2 rings (SSSR count). The Hall–Kier alpha value is -0.870. The Labute approximate surface area is 103 Å². The highest BCUT2D eigenvalue weighted by molar-refractivity contribution is 5.13. The number of hydrogen-bond donors (Lipinski definition) is 2. The second-order valence-electron chi connectivity index (χ2n) is 5.28. The fourth-order valence-electron chi connectivity index (χ4n) is 2.56. The van der Waals surface area contributed by atoms with Gasteiger partial charge in [-0.05, 0) is 25.2 Å². The van der Waals surface area contributed by atoms with Crippen LogP contribution in [0, 0.1) is 18.8 Å². The maximum absolute atomic E-state index is 5.78. The van der Waals surface area contributed by atoms with Crippen molar-refractivity contribution >= 4 is 0 Å². The lowest BCUT2D eigenvalue weighted by atomic mass is 9.93. The van der Waals surface area contributed by atoms with Crippen molar-refractivity contribution < 1.29 is 4.74 Å². The molecular formula is C13H23N3O. The Kier molecular flexibility index (Phi) is 4.18. The summed E-state index contributed by atoms with van der Waals surface area (Å²) in [4.78, 5) is 0. The fraction of sp³-hybridized carbons (Fsp3) is 0.769. The van der Waals surface area contributed by atoms with Crippen LogP contribution in [0.2, 0.25) is 0 Å². The lowest BCUT2D eigenvalue weighted by molar-refractivity contribution is 0.0539. The Balaban J connectivity index is 1.77. The maximum Gasteiger partial charge on any atom is 0.0639 e. The summed E-state index contributed by atoms with van der Waals surface area (Å²) in [5.41, 5.74) is 2.41. The molecule has 2 heterocycles. The standard InChI is InChI=1S/C13H23N3O/c1-9(2)13-11(4-5-17-13)6-14-7-12-8-15-16-10(12)3/h8-9,11,13-14H,4-7H2,1-3H3,(H,15,16)/t11-,13-/m1/s1. The van der Waals surface area contributed by atoms with Gasteiger partial charge in [-0.2, -0.15) is 5.10 Å². The van der Waals surface area contributed by atoms with Crippen LogP contribution in [0.5, 0.6) is 0 Å². The number of rotatable bonds is 5. The molecule has 4 heteroatoms. The van der Waals surface area contributed by atoms with Gasteiger partial charge in [0.25, 0.3) is 0 Å². The lowest BCUT2D eigenvalue weighted by Crippen LogP contribution is -2.31. The minimum absolute atomic E-state index is 0.424. The van der Waals surface area contributed by atoms with E-state index in [1.807, 2.05) is 6.20 Å². The largest absolute Gasteiger partial charge is 0.378 e. The molecule has 0 unspecified atom stereocenters. The highest BCUT2D eigenvalue weighted by Crippen LogP contribution is 2.26. The van der Waals surface area contributed by atoms with Crippen LogP contribution in [-0.4, -0.2) is 29.5 Å². The second kappa shape index (κ2) is 5.65. The summed E-state index contributed by atoms with van der Waals surface area (Å²) >= 11 is 0. The zero-order valence-electron chi connectivity index (χ0n) is 11.0. The molecule has 0 amide bonds. The Morgan fingerprint density at radius 3 is 3.06 bits per heavy atom. The monoisotopic (exact) mass is 237 g/mol. The molecule has 1 aliphatic heterocycles. The van der Waals surface area contributed by atoms with Crippen molar-refractivity contribution in [3.8, 4) is 0 Å². The molecule has 1 aromatic rings. The molecular weight excluding hydrogens is 214 g/mol. The predicted octanol–water partition coefficient (Wildman–Crippen LogP) is 1.87. The molecule has 1 saturated heterocycles. The number of ether oxygens (including phenoxy) is 1. The van der Waals surface area contributed by atoms with E-state index in [1.165, 1.54) is 12.0 Å². The molecule has 2 atom stereocenters. The van der Waals surface area contributed by atoms with Gasteiger partial charge in [-0.3, -0.25) is 5.10 Å². The highest BCUT2D eigenvalue weighted by atomic mass is 16.5. The van der Waals surface area contributed by atoms with Crippen LogP contribution in [0.15, 0.2) is 6.20 Å². The van der Waals surface area contributed by atoms with Gasteiger partial charge in [0.05, 0.1) is 12.3 Å². The zero-order valence-corrected chi connectivity index (χ0v) is 11.0. The number of H-pyrrole nitrogens is 1. The molecule has 1 aliphatic rings. The summed E-state index contributed by atoms with van der Waals surface area (Å²) in [7, 11) is 0. The molecule has 0 spiro atoms. The molecule has 0 aromatic carbocycles. The van der Waals surface area contributed by atoms with E-state index in [0.29, 0.717) is 17.9 Å². The van der Waals surface area contributed by atoms with Gasteiger partial charge in [0, 0.05) is 31.0 Å². The Bertz CT molecular complexity index is 348. The average molecular weight is 237 g/mol. The summed E-state index contributed by atoms with van der Waals surface area (Å²) in [5.74, 6) is 1.27. The summed E-state index contributed by atoms with van der Waals surface area (Å²) in [6.45, 7) is 9.38. The van der Waals surface area contributed by atoms with Crippen LogP contribution in [0.1, 0.15) is 31.5 Å². The first-order valence-electron chi connectivity index (χ1n) is 6.49. The molecule has 0 bridgehead atoms. The molecule has 1 aromatic heterocycles. The molecule has 1 fully saturated rings. The SMILES string of the molecule is Cc1[nH]ncc1CNC[C@H]1CCO[C@@H]1C(C)C. The number of aromatic nitrogens is 2. The second-order valence-corrected chi connectivity index (χ2v) is 5.28. The molecule has 0 saturated carbocycles. The quantitative estimate of drug-likeness (QED) is 0.822. The number of nitrogens with one attached hydrogen (secondary N) is 2. The van der Waals surface area contributed by atoms with Gasteiger partial charge in [-0.1, -0.05) is 13.8 Å². The van der Waals surface area contributed by atoms with Gasteiger partial charge in [-0.15, -0.1) is 0 Å². The van der Waals surface area contributed by atoms with Gasteiger partial charge in [0.1, 0.15) is 0 Å². The van der Waals surface area contributed by atoms with Gasteiger partial charge < -0.3 is 10.1 Å². The molecule has 4 nitrogen and oxygen atoms in total. The van der Waals surface area contributed by atoms with E-state index in [-0.39, 0.29) is 0 Å². The van der Waals surface area contributed by atoms with Crippen molar-refractivity contribution in [2.75, 3.05) is 13.2 Å². The van der Waals surface area contributed by atoms with Crippen molar-refractivity contribution in [1.82, 2.24) is 15.5 Å². The van der Waals surface area contributed by atoms with E-state index in [1.54, 1.807) is 0 Å². The molecule has 96 valence electrons. The molecule has 17 heavy (non-hydrogen) atoms. The van der Waals surface area contributed by atoms with Crippen LogP contribution in [0.3, 0.4) is 0 Å². The highest BCUT2D eigenvalue weighted by Gasteiger charge is 2.30. The summed E-state index contributed by atoms with van der Waals surface area (Å²) in [6, 6.07) is 0. The Morgan fingerprint density at radius 2 is 2.41 bits per heavy atom. The zero-order chi connectivity index (χ0) is 12.3. The topological polar surface area (TPSA) is 49.9 Å². The van der Waals surface area contributed by atoms with Crippen LogP contribution in [-0.2, 0) is 11.3 Å². The third kappa shape index (κ3) is 3.07. The first-order chi connectivity index (χ1) is 8.18. The fourth-order valence-corrected chi connectivity index (χ4v) is 2.56. The first kappa shape index (κ1) is 12.6. The summed E-state index contributed by atoms with van der Waals surface area (Å²) in [6.07, 6.45) is 3.50. The van der Waals surface area contributed by atoms with Crippen molar-refractivity contribution in [2.45, 2.75) is 39.8 Å². The molecule has 0 aliphatic carbocycles. The van der Waals surface area contributed by atoms with Gasteiger partial charge in [-0.25, -0.2) is 0 Å². The summed E-state index contributed by atoms with van der Waals surface area (Å²) < 4.78 is 5.78. The molecule has 2 N–H and O–H groups in total. The number of hydrogen-bond acceptors (Lipinski definition) is 3. The van der Waals surface area contributed by atoms with E-state index in [2.05, 4.69) is 36.3 Å². The summed E-state index contributed by atoms with van der Waals surface area (Å²) in [5, 5.41) is 10.5. The van der Waals surface area contributed by atoms with E-state index in [4.69, 9.17) is 4.74 Å². The van der Waals surface area contributed by atoms with Crippen molar-refractivity contribution in [1.29, 1.82) is 0 Å². The third-order valence-corrected chi connectivity index (χ3v) is 3.58. The predicted molar refractivity (Wildman–Crippen MR) is 67.7 cm³/mol. The van der Waals surface area contributed by atoms with E-state index < -0.39 is 0 Å². The maximum atomic E-state index is 5.78. The average Bonchev–Trinajstić information content (AvgIpc) is 2.88. The number of aromatic amines is 1.